The summed E-state index contributed by atoms with van der Waals surface area (Å²) in [6.45, 7) is 5.78. The molecule has 1 aromatic rings. The van der Waals surface area contributed by atoms with Crippen LogP contribution in [-0.2, 0) is 14.8 Å². The largest absolute Gasteiger partial charge is 0.345 e. The molecular weight excluding hydrogens is 374 g/mol. The van der Waals surface area contributed by atoms with Crippen LogP contribution in [-0.4, -0.2) is 56.8 Å². The van der Waals surface area contributed by atoms with Crippen molar-refractivity contribution in [3.63, 3.8) is 0 Å². The number of amides is 1. The zero-order chi connectivity index (χ0) is 18.7. The Morgan fingerprint density at radius 1 is 1.31 bits per heavy atom. The molecule has 2 N–H and O–H groups in total. The number of rotatable bonds is 6. The summed E-state index contributed by atoms with van der Waals surface area (Å²) >= 11 is 0. The molecule has 2 rings (SSSR count). The van der Waals surface area contributed by atoms with Crippen LogP contribution in [0.15, 0.2) is 35.2 Å². The number of hydrogen-bond acceptors (Lipinski definition) is 4. The standard InChI is InChI=1S/C18H29N3O3S.ClH/c1-18(2,13-19)14-20(3)17(22)15-8-7-11-21(12-15)25(23,24)16-9-5-4-6-10-16;/h4-6,9-10,15H,7-8,11-14,19H2,1-3H3;1H. The van der Waals surface area contributed by atoms with Gasteiger partial charge < -0.3 is 10.6 Å². The molecule has 0 aromatic heterocycles. The smallest absolute Gasteiger partial charge is 0.243 e. The second kappa shape index (κ2) is 9.17. The molecule has 8 heteroatoms. The van der Waals surface area contributed by atoms with Crippen LogP contribution in [0.1, 0.15) is 26.7 Å². The normalized spacial score (nSPS) is 18.8. The summed E-state index contributed by atoms with van der Waals surface area (Å²) in [7, 11) is -1.78. The molecular formula is C18H30ClN3O3S. The van der Waals surface area contributed by atoms with Gasteiger partial charge in [0, 0.05) is 26.7 Å². The Balaban J connectivity index is 0.00000338. The molecule has 1 atom stereocenters. The Morgan fingerprint density at radius 3 is 2.50 bits per heavy atom. The van der Waals surface area contributed by atoms with Crippen LogP contribution in [0.25, 0.3) is 0 Å². The van der Waals surface area contributed by atoms with Gasteiger partial charge in [-0.05, 0) is 36.9 Å². The van der Waals surface area contributed by atoms with E-state index in [0.29, 0.717) is 32.5 Å². The summed E-state index contributed by atoms with van der Waals surface area (Å²) in [6.07, 6.45) is 1.41. The van der Waals surface area contributed by atoms with Crippen molar-refractivity contribution in [2.24, 2.45) is 17.1 Å². The second-order valence-electron chi connectivity index (χ2n) is 7.58. The van der Waals surface area contributed by atoms with Gasteiger partial charge in [-0.1, -0.05) is 32.0 Å². The van der Waals surface area contributed by atoms with Gasteiger partial charge in [0.05, 0.1) is 10.8 Å². The summed E-state index contributed by atoms with van der Waals surface area (Å²) in [6, 6.07) is 8.40. The number of halogens is 1. The van der Waals surface area contributed by atoms with E-state index in [1.165, 1.54) is 4.31 Å². The van der Waals surface area contributed by atoms with Gasteiger partial charge in [0.2, 0.25) is 15.9 Å². The number of carbonyl (C=O) groups is 1. The van der Waals surface area contributed by atoms with Gasteiger partial charge >= 0.3 is 0 Å². The third-order valence-corrected chi connectivity index (χ3v) is 6.59. The van der Waals surface area contributed by atoms with Gasteiger partial charge in [-0.15, -0.1) is 12.4 Å². The second-order valence-corrected chi connectivity index (χ2v) is 9.52. The highest BCUT2D eigenvalue weighted by atomic mass is 35.5. The molecule has 0 bridgehead atoms. The third-order valence-electron chi connectivity index (χ3n) is 4.71. The lowest BCUT2D eigenvalue weighted by Crippen LogP contribution is -2.48. The molecule has 1 unspecified atom stereocenters. The van der Waals surface area contributed by atoms with Gasteiger partial charge in [0.15, 0.2) is 0 Å². The van der Waals surface area contributed by atoms with Crippen molar-refractivity contribution >= 4 is 28.3 Å². The van der Waals surface area contributed by atoms with Gasteiger partial charge in [-0.25, -0.2) is 8.42 Å². The third kappa shape index (κ3) is 5.42. The fourth-order valence-corrected chi connectivity index (χ4v) is 4.74. The highest BCUT2D eigenvalue weighted by molar-refractivity contribution is 7.89. The predicted octanol–water partition coefficient (Wildman–Crippen LogP) is 1.95. The van der Waals surface area contributed by atoms with Crippen molar-refractivity contribution in [1.82, 2.24) is 9.21 Å². The van der Waals surface area contributed by atoms with Gasteiger partial charge in [-0.2, -0.15) is 4.31 Å². The number of carbonyl (C=O) groups excluding carboxylic acids is 1. The molecule has 26 heavy (non-hydrogen) atoms. The molecule has 1 heterocycles. The molecule has 0 aliphatic carbocycles. The Kier molecular flexibility index (Phi) is 8.07. The summed E-state index contributed by atoms with van der Waals surface area (Å²) in [4.78, 5) is 14.7. The number of nitrogens with two attached hydrogens (primary N) is 1. The fourth-order valence-electron chi connectivity index (χ4n) is 3.20. The van der Waals surface area contributed by atoms with Crippen molar-refractivity contribution in [2.45, 2.75) is 31.6 Å². The maximum absolute atomic E-state index is 12.8. The maximum atomic E-state index is 12.8. The van der Waals surface area contributed by atoms with E-state index in [-0.39, 0.29) is 41.1 Å². The molecule has 0 spiro atoms. The van der Waals surface area contributed by atoms with Crippen LogP contribution in [0.3, 0.4) is 0 Å². The highest BCUT2D eigenvalue weighted by Gasteiger charge is 2.35. The van der Waals surface area contributed by atoms with E-state index in [9.17, 15) is 13.2 Å². The number of hydrogen-bond donors (Lipinski definition) is 1. The quantitative estimate of drug-likeness (QED) is 0.786. The van der Waals surface area contributed by atoms with Crippen molar-refractivity contribution in [2.75, 3.05) is 33.2 Å². The molecule has 1 fully saturated rings. The van der Waals surface area contributed by atoms with Gasteiger partial charge in [0.1, 0.15) is 0 Å². The first-order chi connectivity index (χ1) is 11.7. The van der Waals surface area contributed by atoms with Crippen molar-refractivity contribution < 1.29 is 13.2 Å². The molecule has 0 radical (unpaired) electrons. The summed E-state index contributed by atoms with van der Waals surface area (Å²) in [5, 5.41) is 0. The van der Waals surface area contributed by atoms with Crippen LogP contribution in [0.2, 0.25) is 0 Å². The Bertz CT molecular complexity index is 695. The highest BCUT2D eigenvalue weighted by Crippen LogP contribution is 2.25. The van der Waals surface area contributed by atoms with Crippen LogP contribution in [0.5, 0.6) is 0 Å². The SMILES string of the molecule is CN(CC(C)(C)CN)C(=O)C1CCCN(S(=O)(=O)c2ccccc2)C1.Cl. The molecule has 148 valence electrons. The topological polar surface area (TPSA) is 83.7 Å². The molecule has 1 aliphatic rings. The van der Waals surface area contributed by atoms with Crippen molar-refractivity contribution in [3.05, 3.63) is 30.3 Å². The minimum atomic E-state index is -3.55. The molecule has 1 amide bonds. The van der Waals surface area contributed by atoms with Crippen LogP contribution >= 0.6 is 12.4 Å². The fraction of sp³-hybridized carbons (Fsp3) is 0.611. The van der Waals surface area contributed by atoms with Crippen LogP contribution in [0.4, 0.5) is 0 Å². The molecule has 1 saturated heterocycles. The maximum Gasteiger partial charge on any atom is 0.243 e. The van der Waals surface area contributed by atoms with Gasteiger partial charge in [-0.3, -0.25) is 4.79 Å². The summed E-state index contributed by atoms with van der Waals surface area (Å²) < 4.78 is 27.0. The number of benzene rings is 1. The predicted molar refractivity (Wildman–Crippen MR) is 106 cm³/mol. The molecule has 6 nitrogen and oxygen atoms in total. The lowest BCUT2D eigenvalue weighted by Gasteiger charge is -2.35. The minimum Gasteiger partial charge on any atom is -0.345 e. The lowest BCUT2D eigenvalue weighted by atomic mass is 9.92. The van der Waals surface area contributed by atoms with Crippen LogP contribution in [0, 0.1) is 11.3 Å². The van der Waals surface area contributed by atoms with E-state index in [0.717, 1.165) is 0 Å². The first-order valence-corrected chi connectivity index (χ1v) is 10.1. The summed E-state index contributed by atoms with van der Waals surface area (Å²) in [5.41, 5.74) is 5.59. The Labute approximate surface area is 163 Å². The Hall–Kier alpha value is -1.15. The lowest BCUT2D eigenvalue weighted by molar-refractivity contribution is -0.136. The van der Waals surface area contributed by atoms with Gasteiger partial charge in [0.25, 0.3) is 0 Å². The zero-order valence-electron chi connectivity index (χ0n) is 15.7. The minimum absolute atomic E-state index is 0. The van der Waals surface area contributed by atoms with E-state index in [1.54, 1.807) is 42.3 Å². The molecule has 1 aliphatic heterocycles. The number of piperidine rings is 1. The number of nitrogens with zero attached hydrogens (tertiary/aromatic N) is 2. The zero-order valence-corrected chi connectivity index (χ0v) is 17.4. The van der Waals surface area contributed by atoms with E-state index in [4.69, 9.17) is 5.73 Å². The first kappa shape index (κ1) is 22.9. The Morgan fingerprint density at radius 2 is 1.92 bits per heavy atom. The average molecular weight is 404 g/mol. The van der Waals surface area contributed by atoms with E-state index >= 15 is 0 Å². The number of sulfonamides is 1. The van der Waals surface area contributed by atoms with Crippen molar-refractivity contribution in [1.29, 1.82) is 0 Å². The van der Waals surface area contributed by atoms with Crippen LogP contribution < -0.4 is 5.73 Å². The van der Waals surface area contributed by atoms with E-state index in [2.05, 4.69) is 0 Å². The molecule has 1 aromatic carbocycles. The van der Waals surface area contributed by atoms with E-state index in [1.807, 2.05) is 13.8 Å². The van der Waals surface area contributed by atoms with E-state index < -0.39 is 10.0 Å². The van der Waals surface area contributed by atoms with Crippen molar-refractivity contribution in [3.8, 4) is 0 Å². The first-order valence-electron chi connectivity index (χ1n) is 8.67. The monoisotopic (exact) mass is 403 g/mol. The summed E-state index contributed by atoms with van der Waals surface area (Å²) in [5.74, 6) is -0.305. The molecule has 0 saturated carbocycles. The average Bonchev–Trinajstić information content (AvgIpc) is 2.61.